The summed E-state index contributed by atoms with van der Waals surface area (Å²) in [5.41, 5.74) is 2.78. The Balaban J connectivity index is 1.96. The van der Waals surface area contributed by atoms with Crippen LogP contribution in [0.3, 0.4) is 0 Å². The zero-order valence-corrected chi connectivity index (χ0v) is 11.6. The van der Waals surface area contributed by atoms with Gasteiger partial charge in [0.05, 0.1) is 12.8 Å². The third-order valence-electron chi connectivity index (χ3n) is 2.90. The number of aryl methyl sites for hydroxylation is 1. The van der Waals surface area contributed by atoms with E-state index >= 15 is 0 Å². The molecule has 2 aromatic rings. The van der Waals surface area contributed by atoms with Gasteiger partial charge in [-0.2, -0.15) is 0 Å². The molecule has 2 amide bonds. The van der Waals surface area contributed by atoms with Crippen molar-refractivity contribution in [3.63, 3.8) is 0 Å². The van der Waals surface area contributed by atoms with Gasteiger partial charge in [-0.05, 0) is 30.2 Å². The van der Waals surface area contributed by atoms with Crippen molar-refractivity contribution in [3.05, 3.63) is 59.7 Å². The Bertz CT molecular complexity index is 582. The van der Waals surface area contributed by atoms with Gasteiger partial charge >= 0.3 is 6.03 Å². The number of carbonyl (C=O) groups excluding carboxylic acids is 1. The lowest BCUT2D eigenvalue weighted by Crippen LogP contribution is -2.28. The predicted molar refractivity (Wildman–Crippen MR) is 80.0 cm³/mol. The van der Waals surface area contributed by atoms with Gasteiger partial charge in [-0.1, -0.05) is 36.4 Å². The van der Waals surface area contributed by atoms with E-state index in [0.29, 0.717) is 18.0 Å². The van der Waals surface area contributed by atoms with E-state index in [1.807, 2.05) is 55.5 Å². The molecule has 4 heteroatoms. The average Bonchev–Trinajstić information content (AvgIpc) is 2.46. The zero-order chi connectivity index (χ0) is 14.4. The van der Waals surface area contributed by atoms with Crippen LogP contribution < -0.4 is 15.4 Å². The van der Waals surface area contributed by atoms with Crippen LogP contribution in [-0.4, -0.2) is 13.1 Å². The number of amides is 2. The van der Waals surface area contributed by atoms with Crippen molar-refractivity contribution < 1.29 is 9.53 Å². The van der Waals surface area contributed by atoms with Crippen LogP contribution in [-0.2, 0) is 6.54 Å². The van der Waals surface area contributed by atoms with Gasteiger partial charge in [0, 0.05) is 6.54 Å². The van der Waals surface area contributed by atoms with Gasteiger partial charge in [-0.3, -0.25) is 0 Å². The molecule has 0 spiro atoms. The number of benzene rings is 2. The highest BCUT2D eigenvalue weighted by Crippen LogP contribution is 2.24. The van der Waals surface area contributed by atoms with E-state index in [9.17, 15) is 4.79 Å². The minimum absolute atomic E-state index is 0.252. The number of anilines is 1. The summed E-state index contributed by atoms with van der Waals surface area (Å²) in [4.78, 5) is 11.9. The van der Waals surface area contributed by atoms with Crippen LogP contribution in [0.2, 0.25) is 0 Å². The fourth-order valence-corrected chi connectivity index (χ4v) is 1.86. The molecule has 0 atom stereocenters. The molecule has 0 aromatic heterocycles. The van der Waals surface area contributed by atoms with Crippen molar-refractivity contribution in [1.29, 1.82) is 0 Å². The summed E-state index contributed by atoms with van der Waals surface area (Å²) >= 11 is 0. The molecule has 2 N–H and O–H groups in total. The molecular formula is C16H18N2O2. The van der Waals surface area contributed by atoms with Crippen molar-refractivity contribution in [3.8, 4) is 5.75 Å². The molecule has 0 aliphatic heterocycles. The third kappa shape index (κ3) is 3.75. The molecule has 2 aromatic carbocycles. The second kappa shape index (κ2) is 6.61. The number of urea groups is 1. The molecule has 0 bridgehead atoms. The standard InChI is InChI=1S/C16H18N2O2/c1-12-8-9-15(20-2)14(10-12)18-16(19)17-11-13-6-4-3-5-7-13/h3-10H,11H2,1-2H3,(H2,17,18,19). The van der Waals surface area contributed by atoms with Crippen molar-refractivity contribution in [2.75, 3.05) is 12.4 Å². The van der Waals surface area contributed by atoms with Crippen molar-refractivity contribution in [2.24, 2.45) is 0 Å². The van der Waals surface area contributed by atoms with E-state index in [2.05, 4.69) is 10.6 Å². The Morgan fingerprint density at radius 1 is 1.15 bits per heavy atom. The maximum atomic E-state index is 11.9. The number of methoxy groups -OCH3 is 1. The molecule has 104 valence electrons. The molecule has 0 aliphatic carbocycles. The summed E-state index contributed by atoms with van der Waals surface area (Å²) in [5.74, 6) is 0.644. The summed E-state index contributed by atoms with van der Waals surface area (Å²) in [6.45, 7) is 2.45. The summed E-state index contributed by atoms with van der Waals surface area (Å²) in [6.07, 6.45) is 0. The highest BCUT2D eigenvalue weighted by atomic mass is 16.5. The predicted octanol–water partition coefficient (Wildman–Crippen LogP) is 3.33. The van der Waals surface area contributed by atoms with Gasteiger partial charge in [0.15, 0.2) is 0 Å². The molecule has 20 heavy (non-hydrogen) atoms. The highest BCUT2D eigenvalue weighted by molar-refractivity contribution is 5.91. The first-order valence-electron chi connectivity index (χ1n) is 6.42. The monoisotopic (exact) mass is 270 g/mol. The quantitative estimate of drug-likeness (QED) is 0.895. The molecule has 0 aliphatic rings. The van der Waals surface area contributed by atoms with E-state index in [1.165, 1.54) is 0 Å². The number of hydrogen-bond donors (Lipinski definition) is 2. The Labute approximate surface area is 118 Å². The lowest BCUT2D eigenvalue weighted by Gasteiger charge is -2.12. The summed E-state index contributed by atoms with van der Waals surface area (Å²) < 4.78 is 5.22. The molecule has 0 unspecified atom stereocenters. The first kappa shape index (κ1) is 13.9. The lowest BCUT2D eigenvalue weighted by molar-refractivity contribution is 0.251. The SMILES string of the molecule is COc1ccc(C)cc1NC(=O)NCc1ccccc1. The Morgan fingerprint density at radius 3 is 2.60 bits per heavy atom. The Hall–Kier alpha value is -2.49. The zero-order valence-electron chi connectivity index (χ0n) is 11.6. The first-order chi connectivity index (χ1) is 9.69. The van der Waals surface area contributed by atoms with E-state index in [-0.39, 0.29) is 6.03 Å². The number of rotatable bonds is 4. The number of nitrogens with one attached hydrogen (secondary N) is 2. The van der Waals surface area contributed by atoms with Gasteiger partial charge < -0.3 is 15.4 Å². The number of hydrogen-bond acceptors (Lipinski definition) is 2. The molecular weight excluding hydrogens is 252 g/mol. The Morgan fingerprint density at radius 2 is 1.90 bits per heavy atom. The summed E-state index contributed by atoms with van der Waals surface area (Å²) in [5, 5.41) is 5.61. The molecule has 0 heterocycles. The minimum Gasteiger partial charge on any atom is -0.495 e. The highest BCUT2D eigenvalue weighted by Gasteiger charge is 2.07. The van der Waals surface area contributed by atoms with E-state index < -0.39 is 0 Å². The maximum Gasteiger partial charge on any atom is 0.319 e. The second-order valence-corrected chi connectivity index (χ2v) is 4.50. The molecule has 0 radical (unpaired) electrons. The van der Waals surface area contributed by atoms with Gasteiger partial charge in [-0.15, -0.1) is 0 Å². The van der Waals surface area contributed by atoms with Crippen LogP contribution in [0.1, 0.15) is 11.1 Å². The fraction of sp³-hybridized carbons (Fsp3) is 0.188. The summed E-state index contributed by atoms with van der Waals surface area (Å²) in [6, 6.07) is 15.2. The van der Waals surface area contributed by atoms with Crippen LogP contribution >= 0.6 is 0 Å². The van der Waals surface area contributed by atoms with Gasteiger partial charge in [0.25, 0.3) is 0 Å². The van der Waals surface area contributed by atoms with E-state index in [4.69, 9.17) is 4.74 Å². The molecule has 0 saturated carbocycles. The van der Waals surface area contributed by atoms with Gasteiger partial charge in [0.2, 0.25) is 0 Å². The van der Waals surface area contributed by atoms with Crippen molar-refractivity contribution >= 4 is 11.7 Å². The second-order valence-electron chi connectivity index (χ2n) is 4.50. The van der Waals surface area contributed by atoms with Gasteiger partial charge in [0.1, 0.15) is 5.75 Å². The van der Waals surface area contributed by atoms with Crippen LogP contribution in [0.4, 0.5) is 10.5 Å². The lowest BCUT2D eigenvalue weighted by atomic mass is 10.2. The normalized spacial score (nSPS) is 9.90. The average molecular weight is 270 g/mol. The molecule has 0 fully saturated rings. The van der Waals surface area contributed by atoms with Crippen LogP contribution in [0.5, 0.6) is 5.75 Å². The first-order valence-corrected chi connectivity index (χ1v) is 6.42. The molecule has 0 saturated heterocycles. The molecule has 4 nitrogen and oxygen atoms in total. The van der Waals surface area contributed by atoms with Crippen LogP contribution in [0, 0.1) is 6.92 Å². The van der Waals surface area contributed by atoms with Crippen molar-refractivity contribution in [2.45, 2.75) is 13.5 Å². The summed E-state index contributed by atoms with van der Waals surface area (Å²) in [7, 11) is 1.58. The van der Waals surface area contributed by atoms with Gasteiger partial charge in [-0.25, -0.2) is 4.79 Å². The van der Waals surface area contributed by atoms with E-state index in [1.54, 1.807) is 7.11 Å². The smallest absolute Gasteiger partial charge is 0.319 e. The maximum absolute atomic E-state index is 11.9. The van der Waals surface area contributed by atoms with Crippen LogP contribution in [0.25, 0.3) is 0 Å². The van der Waals surface area contributed by atoms with Crippen molar-refractivity contribution in [1.82, 2.24) is 5.32 Å². The third-order valence-corrected chi connectivity index (χ3v) is 2.90. The van der Waals surface area contributed by atoms with E-state index in [0.717, 1.165) is 11.1 Å². The minimum atomic E-state index is -0.252. The fourth-order valence-electron chi connectivity index (χ4n) is 1.86. The van der Waals surface area contributed by atoms with Crippen LogP contribution in [0.15, 0.2) is 48.5 Å². The number of carbonyl (C=O) groups is 1. The largest absolute Gasteiger partial charge is 0.495 e. The number of ether oxygens (including phenoxy) is 1. The topological polar surface area (TPSA) is 50.4 Å². The Kier molecular flexibility index (Phi) is 4.60. The molecule has 2 rings (SSSR count).